The van der Waals surface area contributed by atoms with E-state index >= 15 is 0 Å². The highest BCUT2D eigenvalue weighted by Gasteiger charge is 2.20. The fourth-order valence-corrected chi connectivity index (χ4v) is 2.84. The van der Waals surface area contributed by atoms with Gasteiger partial charge in [0.15, 0.2) is 17.4 Å². The summed E-state index contributed by atoms with van der Waals surface area (Å²) in [6.45, 7) is 0.597. The number of nitrogens with zero attached hydrogens (tertiary/aromatic N) is 1. The van der Waals surface area contributed by atoms with Crippen LogP contribution in [0.2, 0.25) is 0 Å². The Hall–Kier alpha value is -1.29. The van der Waals surface area contributed by atoms with Crippen LogP contribution in [-0.4, -0.2) is 30.3 Å². The molecule has 0 unspecified atom stereocenters. The molecule has 4 heteroatoms. The molecule has 0 aliphatic heterocycles. The van der Waals surface area contributed by atoms with Crippen molar-refractivity contribution in [2.45, 2.75) is 44.6 Å². The van der Waals surface area contributed by atoms with Gasteiger partial charge in [-0.2, -0.15) is 0 Å². The second kappa shape index (κ2) is 6.93. The first-order chi connectivity index (χ1) is 9.59. The maximum absolute atomic E-state index is 13.5. The monoisotopic (exact) mass is 281 g/mol. The molecule has 1 aromatic rings. The van der Waals surface area contributed by atoms with Crippen LogP contribution in [0.1, 0.15) is 48.9 Å². The first-order valence-electron chi connectivity index (χ1n) is 7.27. The van der Waals surface area contributed by atoms with Crippen molar-refractivity contribution in [3.63, 3.8) is 0 Å². The summed E-state index contributed by atoms with van der Waals surface area (Å²) >= 11 is 0. The number of carbonyl (C=O) groups is 1. The number of ketones is 1. The summed E-state index contributed by atoms with van der Waals surface area (Å²) in [6, 6.07) is 4.27. The molecule has 0 saturated heterocycles. The Morgan fingerprint density at radius 2 is 1.95 bits per heavy atom. The van der Waals surface area contributed by atoms with Crippen molar-refractivity contribution < 1.29 is 13.6 Å². The Kier molecular flexibility index (Phi) is 5.24. The largest absolute Gasteiger partial charge is 0.303 e. The molecule has 0 heterocycles. The lowest BCUT2D eigenvalue weighted by molar-refractivity contribution is 0.0947. The van der Waals surface area contributed by atoms with Crippen molar-refractivity contribution in [1.82, 2.24) is 4.90 Å². The number of carbonyl (C=O) groups excluding carboxylic acids is 1. The summed E-state index contributed by atoms with van der Waals surface area (Å²) in [5, 5.41) is 0. The third-order valence-corrected chi connectivity index (χ3v) is 4.14. The van der Waals surface area contributed by atoms with Gasteiger partial charge in [-0.3, -0.25) is 4.79 Å². The lowest BCUT2D eigenvalue weighted by Gasteiger charge is -2.30. The van der Waals surface area contributed by atoms with Crippen LogP contribution in [0.5, 0.6) is 0 Å². The zero-order valence-corrected chi connectivity index (χ0v) is 11.9. The molecule has 1 aliphatic carbocycles. The van der Waals surface area contributed by atoms with E-state index in [0.29, 0.717) is 12.6 Å². The van der Waals surface area contributed by atoms with Crippen LogP contribution >= 0.6 is 0 Å². The molecule has 20 heavy (non-hydrogen) atoms. The molecule has 1 fully saturated rings. The smallest absolute Gasteiger partial charge is 0.169 e. The van der Waals surface area contributed by atoms with Crippen molar-refractivity contribution >= 4 is 5.78 Å². The van der Waals surface area contributed by atoms with Crippen LogP contribution in [0.4, 0.5) is 8.78 Å². The molecule has 0 radical (unpaired) electrons. The summed E-state index contributed by atoms with van der Waals surface area (Å²) in [7, 11) is 2.01. The van der Waals surface area contributed by atoms with E-state index in [1.807, 2.05) is 7.05 Å². The van der Waals surface area contributed by atoms with Crippen LogP contribution in [0.15, 0.2) is 18.2 Å². The Bertz CT molecular complexity index is 470. The molecular formula is C16H21F2NO. The Morgan fingerprint density at radius 1 is 1.25 bits per heavy atom. The Labute approximate surface area is 118 Å². The van der Waals surface area contributed by atoms with Gasteiger partial charge >= 0.3 is 0 Å². The summed E-state index contributed by atoms with van der Waals surface area (Å²) in [6.07, 6.45) is 6.33. The molecule has 0 bridgehead atoms. The molecule has 110 valence electrons. The lowest BCUT2D eigenvalue weighted by Crippen LogP contribution is -2.35. The van der Waals surface area contributed by atoms with Crippen molar-refractivity contribution in [3.8, 4) is 0 Å². The molecule has 0 aromatic heterocycles. The minimum atomic E-state index is -1.03. The normalized spacial score (nSPS) is 16.6. The fraction of sp³-hybridized carbons (Fsp3) is 0.562. The summed E-state index contributed by atoms with van der Waals surface area (Å²) in [5.41, 5.74) is -0.137. The molecule has 1 aliphatic rings. The van der Waals surface area contributed by atoms with Crippen LogP contribution in [0, 0.1) is 11.6 Å². The quantitative estimate of drug-likeness (QED) is 0.765. The van der Waals surface area contributed by atoms with Gasteiger partial charge in [0, 0.05) is 19.0 Å². The molecule has 1 saturated carbocycles. The number of halogens is 2. The van der Waals surface area contributed by atoms with Crippen LogP contribution < -0.4 is 0 Å². The van der Waals surface area contributed by atoms with Gasteiger partial charge in [0.1, 0.15) is 0 Å². The molecule has 0 spiro atoms. The Balaban J connectivity index is 1.89. The van der Waals surface area contributed by atoms with Crippen LogP contribution in [-0.2, 0) is 0 Å². The first-order valence-corrected chi connectivity index (χ1v) is 7.27. The zero-order chi connectivity index (χ0) is 14.5. The van der Waals surface area contributed by atoms with E-state index in [-0.39, 0.29) is 17.8 Å². The number of rotatable bonds is 5. The second-order valence-corrected chi connectivity index (χ2v) is 5.55. The van der Waals surface area contributed by atoms with Gasteiger partial charge in [-0.05, 0) is 32.0 Å². The van der Waals surface area contributed by atoms with E-state index in [9.17, 15) is 13.6 Å². The van der Waals surface area contributed by atoms with Gasteiger partial charge in [-0.1, -0.05) is 25.3 Å². The highest BCUT2D eigenvalue weighted by atomic mass is 19.2. The molecule has 0 atom stereocenters. The summed E-state index contributed by atoms with van der Waals surface area (Å²) in [5.74, 6) is -2.32. The highest BCUT2D eigenvalue weighted by molar-refractivity contribution is 5.96. The van der Waals surface area contributed by atoms with E-state index in [4.69, 9.17) is 0 Å². The third kappa shape index (κ3) is 3.63. The SMILES string of the molecule is CN(CCC(=O)c1cccc(F)c1F)C1CCCCC1. The van der Waals surface area contributed by atoms with Crippen molar-refractivity contribution in [2.24, 2.45) is 0 Å². The standard InChI is InChI=1S/C16H21F2NO/c1-19(12-6-3-2-4-7-12)11-10-15(20)13-8-5-9-14(17)16(13)18/h5,8-9,12H,2-4,6-7,10-11H2,1H3. The Morgan fingerprint density at radius 3 is 2.65 bits per heavy atom. The number of Topliss-reactive ketones (excluding diaryl/α,β-unsaturated/α-hetero) is 1. The van der Waals surface area contributed by atoms with Crippen molar-refractivity contribution in [2.75, 3.05) is 13.6 Å². The molecule has 0 N–H and O–H groups in total. The number of hydrogen-bond donors (Lipinski definition) is 0. The van der Waals surface area contributed by atoms with E-state index in [1.54, 1.807) is 0 Å². The van der Waals surface area contributed by atoms with Gasteiger partial charge in [-0.25, -0.2) is 8.78 Å². The maximum Gasteiger partial charge on any atom is 0.169 e. The molecule has 1 aromatic carbocycles. The van der Waals surface area contributed by atoms with Crippen molar-refractivity contribution in [3.05, 3.63) is 35.4 Å². The average Bonchev–Trinajstić information content (AvgIpc) is 2.48. The molecular weight excluding hydrogens is 260 g/mol. The van der Waals surface area contributed by atoms with Crippen molar-refractivity contribution in [1.29, 1.82) is 0 Å². The van der Waals surface area contributed by atoms with E-state index in [1.165, 1.54) is 44.2 Å². The van der Waals surface area contributed by atoms with Gasteiger partial charge in [0.25, 0.3) is 0 Å². The van der Waals surface area contributed by atoms with Crippen LogP contribution in [0.3, 0.4) is 0 Å². The maximum atomic E-state index is 13.5. The lowest BCUT2D eigenvalue weighted by atomic mass is 9.94. The second-order valence-electron chi connectivity index (χ2n) is 5.55. The minimum Gasteiger partial charge on any atom is -0.303 e. The molecule has 2 rings (SSSR count). The number of benzene rings is 1. The van der Waals surface area contributed by atoms with Gasteiger partial charge in [0.2, 0.25) is 0 Å². The van der Waals surface area contributed by atoms with Gasteiger partial charge in [-0.15, -0.1) is 0 Å². The molecule has 0 amide bonds. The molecule has 2 nitrogen and oxygen atoms in total. The minimum absolute atomic E-state index is 0.137. The topological polar surface area (TPSA) is 20.3 Å². The van der Waals surface area contributed by atoms with E-state index < -0.39 is 11.6 Å². The van der Waals surface area contributed by atoms with Gasteiger partial charge in [0.05, 0.1) is 5.56 Å². The van der Waals surface area contributed by atoms with Gasteiger partial charge < -0.3 is 4.90 Å². The predicted molar refractivity (Wildman–Crippen MR) is 74.8 cm³/mol. The predicted octanol–water partition coefficient (Wildman–Crippen LogP) is 3.80. The summed E-state index contributed by atoms with van der Waals surface area (Å²) < 4.78 is 26.6. The fourth-order valence-electron chi connectivity index (χ4n) is 2.84. The van der Waals surface area contributed by atoms with Crippen LogP contribution in [0.25, 0.3) is 0 Å². The highest BCUT2D eigenvalue weighted by Crippen LogP contribution is 2.22. The number of hydrogen-bond acceptors (Lipinski definition) is 2. The van der Waals surface area contributed by atoms with E-state index in [0.717, 1.165) is 6.07 Å². The zero-order valence-electron chi connectivity index (χ0n) is 11.9. The first kappa shape index (κ1) is 15.1. The third-order valence-electron chi connectivity index (χ3n) is 4.14. The van der Waals surface area contributed by atoms with E-state index in [2.05, 4.69) is 4.90 Å². The average molecular weight is 281 g/mol. The summed E-state index contributed by atoms with van der Waals surface area (Å²) in [4.78, 5) is 14.1.